The first-order valence-electron chi connectivity index (χ1n) is 6.38. The lowest BCUT2D eigenvalue weighted by atomic mass is 10.00. The molecule has 0 spiro atoms. The van der Waals surface area contributed by atoms with Gasteiger partial charge in [-0.15, -0.1) is 0 Å². The van der Waals surface area contributed by atoms with Crippen LogP contribution in [0.2, 0.25) is 0 Å². The molecule has 2 fully saturated rings. The highest BCUT2D eigenvalue weighted by atomic mass is 16.3. The normalized spacial score (nSPS) is 30.5. The zero-order valence-electron chi connectivity index (χ0n) is 10.2. The SMILES string of the molecule is N=C(N)c1ccncc1N1CC2CCC(O)C2C1. The van der Waals surface area contributed by atoms with Gasteiger partial charge in [-0.3, -0.25) is 10.4 Å². The van der Waals surface area contributed by atoms with E-state index in [0.29, 0.717) is 11.8 Å². The van der Waals surface area contributed by atoms with E-state index in [-0.39, 0.29) is 11.9 Å². The molecule has 1 aromatic rings. The molecule has 1 saturated carbocycles. The highest BCUT2D eigenvalue weighted by molar-refractivity contribution is 6.00. The molecule has 3 rings (SSSR count). The molecule has 1 aromatic heterocycles. The van der Waals surface area contributed by atoms with Crippen LogP contribution in [-0.4, -0.2) is 35.1 Å². The van der Waals surface area contributed by atoms with Crippen molar-refractivity contribution in [2.75, 3.05) is 18.0 Å². The number of rotatable bonds is 2. The second-order valence-electron chi connectivity index (χ2n) is 5.28. The summed E-state index contributed by atoms with van der Waals surface area (Å²) in [6, 6.07) is 1.78. The zero-order chi connectivity index (χ0) is 12.7. The summed E-state index contributed by atoms with van der Waals surface area (Å²) >= 11 is 0. The zero-order valence-corrected chi connectivity index (χ0v) is 10.2. The number of aliphatic hydroxyl groups is 1. The Kier molecular flexibility index (Phi) is 2.70. The molecular formula is C13H18N4O. The Morgan fingerprint density at radius 3 is 3.00 bits per heavy atom. The number of nitrogens with two attached hydrogens (primary N) is 1. The lowest BCUT2D eigenvalue weighted by Crippen LogP contribution is -2.27. The second kappa shape index (κ2) is 4.24. The molecule has 4 N–H and O–H groups in total. The number of fused-ring (bicyclic) bond motifs is 1. The van der Waals surface area contributed by atoms with E-state index < -0.39 is 0 Å². The van der Waals surface area contributed by atoms with Crippen molar-refractivity contribution in [3.8, 4) is 0 Å². The molecule has 1 aliphatic carbocycles. The van der Waals surface area contributed by atoms with Crippen molar-refractivity contribution in [1.82, 2.24) is 4.98 Å². The molecular weight excluding hydrogens is 228 g/mol. The molecule has 1 saturated heterocycles. The van der Waals surface area contributed by atoms with Crippen molar-refractivity contribution >= 4 is 11.5 Å². The fourth-order valence-electron chi connectivity index (χ4n) is 3.30. The summed E-state index contributed by atoms with van der Waals surface area (Å²) in [6.45, 7) is 1.78. The van der Waals surface area contributed by atoms with Gasteiger partial charge in [0.15, 0.2) is 0 Å². The van der Waals surface area contributed by atoms with E-state index in [0.717, 1.165) is 37.2 Å². The average Bonchev–Trinajstić information content (AvgIpc) is 2.92. The molecule has 0 aromatic carbocycles. The van der Waals surface area contributed by atoms with E-state index in [4.69, 9.17) is 11.1 Å². The summed E-state index contributed by atoms with van der Waals surface area (Å²) < 4.78 is 0. The van der Waals surface area contributed by atoms with E-state index in [1.807, 2.05) is 0 Å². The summed E-state index contributed by atoms with van der Waals surface area (Å²) in [7, 11) is 0. The van der Waals surface area contributed by atoms with Gasteiger partial charge in [0.1, 0.15) is 5.84 Å². The van der Waals surface area contributed by atoms with Crippen LogP contribution in [0.4, 0.5) is 5.69 Å². The molecule has 2 heterocycles. The van der Waals surface area contributed by atoms with Gasteiger partial charge >= 0.3 is 0 Å². The van der Waals surface area contributed by atoms with Crippen LogP contribution in [0.5, 0.6) is 0 Å². The largest absolute Gasteiger partial charge is 0.393 e. The van der Waals surface area contributed by atoms with Crippen LogP contribution >= 0.6 is 0 Å². The molecule has 18 heavy (non-hydrogen) atoms. The van der Waals surface area contributed by atoms with Gasteiger partial charge in [0.25, 0.3) is 0 Å². The third-order valence-electron chi connectivity index (χ3n) is 4.25. The number of hydrogen-bond acceptors (Lipinski definition) is 4. The summed E-state index contributed by atoms with van der Waals surface area (Å²) in [5, 5.41) is 17.5. The van der Waals surface area contributed by atoms with Crippen molar-refractivity contribution in [3.05, 3.63) is 24.0 Å². The molecule has 0 radical (unpaired) electrons. The van der Waals surface area contributed by atoms with Crippen molar-refractivity contribution in [1.29, 1.82) is 5.41 Å². The summed E-state index contributed by atoms with van der Waals surface area (Å²) in [5.41, 5.74) is 7.26. The van der Waals surface area contributed by atoms with Crippen LogP contribution in [0.3, 0.4) is 0 Å². The number of aliphatic hydroxyl groups excluding tert-OH is 1. The van der Waals surface area contributed by atoms with Crippen LogP contribution in [0.25, 0.3) is 0 Å². The maximum atomic E-state index is 9.93. The summed E-state index contributed by atoms with van der Waals surface area (Å²) in [6.07, 6.45) is 5.28. The quantitative estimate of drug-likeness (QED) is 0.526. The van der Waals surface area contributed by atoms with Crippen LogP contribution in [-0.2, 0) is 0 Å². The van der Waals surface area contributed by atoms with Crippen LogP contribution in [0, 0.1) is 17.2 Å². The van der Waals surface area contributed by atoms with Gasteiger partial charge in [0.2, 0.25) is 0 Å². The number of amidine groups is 1. The van der Waals surface area contributed by atoms with Gasteiger partial charge < -0.3 is 15.7 Å². The summed E-state index contributed by atoms with van der Waals surface area (Å²) in [4.78, 5) is 6.34. The number of pyridine rings is 1. The molecule has 0 amide bonds. The van der Waals surface area contributed by atoms with Gasteiger partial charge in [0, 0.05) is 30.8 Å². The minimum absolute atomic E-state index is 0.0741. The maximum Gasteiger partial charge on any atom is 0.125 e. The Morgan fingerprint density at radius 1 is 1.44 bits per heavy atom. The smallest absolute Gasteiger partial charge is 0.125 e. The first-order chi connectivity index (χ1) is 8.66. The molecule has 5 nitrogen and oxygen atoms in total. The molecule has 5 heteroatoms. The van der Waals surface area contributed by atoms with Crippen LogP contribution in [0.15, 0.2) is 18.5 Å². The number of hydrogen-bond donors (Lipinski definition) is 3. The van der Waals surface area contributed by atoms with Crippen molar-refractivity contribution in [3.63, 3.8) is 0 Å². The van der Waals surface area contributed by atoms with E-state index >= 15 is 0 Å². The molecule has 2 aliphatic rings. The van der Waals surface area contributed by atoms with Crippen LogP contribution in [0.1, 0.15) is 18.4 Å². The Morgan fingerprint density at radius 2 is 2.28 bits per heavy atom. The number of nitrogen functional groups attached to an aromatic ring is 1. The molecule has 96 valence electrons. The predicted octanol–water partition coefficient (Wildman–Crippen LogP) is 0.573. The first-order valence-corrected chi connectivity index (χ1v) is 6.38. The predicted molar refractivity (Wildman–Crippen MR) is 69.7 cm³/mol. The average molecular weight is 246 g/mol. The topological polar surface area (TPSA) is 86.2 Å². The molecule has 1 aliphatic heterocycles. The van der Waals surface area contributed by atoms with Crippen molar-refractivity contribution in [2.24, 2.45) is 17.6 Å². The van der Waals surface area contributed by atoms with Crippen molar-refractivity contribution in [2.45, 2.75) is 18.9 Å². The third kappa shape index (κ3) is 1.75. The van der Waals surface area contributed by atoms with E-state index in [1.54, 1.807) is 18.5 Å². The lowest BCUT2D eigenvalue weighted by Gasteiger charge is -2.22. The van der Waals surface area contributed by atoms with Crippen molar-refractivity contribution < 1.29 is 5.11 Å². The van der Waals surface area contributed by atoms with Gasteiger partial charge in [0.05, 0.1) is 18.0 Å². The highest BCUT2D eigenvalue weighted by Gasteiger charge is 2.42. The monoisotopic (exact) mass is 246 g/mol. The molecule has 0 bridgehead atoms. The minimum atomic E-state index is -0.169. The Bertz CT molecular complexity index is 476. The summed E-state index contributed by atoms with van der Waals surface area (Å²) in [5.74, 6) is 1.01. The minimum Gasteiger partial charge on any atom is -0.393 e. The number of nitrogens with one attached hydrogen (secondary N) is 1. The van der Waals surface area contributed by atoms with E-state index in [9.17, 15) is 5.11 Å². The maximum absolute atomic E-state index is 9.93. The van der Waals surface area contributed by atoms with Gasteiger partial charge in [-0.05, 0) is 24.8 Å². The Balaban J connectivity index is 1.87. The number of anilines is 1. The number of nitrogens with zero attached hydrogens (tertiary/aromatic N) is 2. The number of aromatic nitrogens is 1. The third-order valence-corrected chi connectivity index (χ3v) is 4.25. The Labute approximate surface area is 106 Å². The van der Waals surface area contributed by atoms with E-state index in [2.05, 4.69) is 9.88 Å². The van der Waals surface area contributed by atoms with Gasteiger partial charge in [-0.1, -0.05) is 0 Å². The first kappa shape index (κ1) is 11.5. The van der Waals surface area contributed by atoms with Gasteiger partial charge in [-0.25, -0.2) is 0 Å². The Hall–Kier alpha value is -1.62. The standard InChI is InChI=1S/C13H18N4O/c14-13(15)9-3-4-16-5-11(9)17-6-8-1-2-12(18)10(8)7-17/h3-5,8,10,12,18H,1-2,6-7H2,(H3,14,15). The van der Waals surface area contributed by atoms with Gasteiger partial charge in [-0.2, -0.15) is 0 Å². The fraction of sp³-hybridized carbons (Fsp3) is 0.538. The lowest BCUT2D eigenvalue weighted by molar-refractivity contribution is 0.133. The second-order valence-corrected chi connectivity index (χ2v) is 5.28. The molecule has 3 unspecified atom stereocenters. The highest BCUT2D eigenvalue weighted by Crippen LogP contribution is 2.40. The van der Waals surface area contributed by atoms with E-state index in [1.165, 1.54) is 0 Å². The molecule has 3 atom stereocenters. The van der Waals surface area contributed by atoms with Crippen LogP contribution < -0.4 is 10.6 Å². The fourth-order valence-corrected chi connectivity index (χ4v) is 3.30.